The predicted molar refractivity (Wildman–Crippen MR) is 134 cm³/mol. The van der Waals surface area contributed by atoms with Crippen LogP contribution < -0.4 is 25.4 Å². The number of hydrogen-bond donors (Lipinski definition) is 3. The third kappa shape index (κ3) is 5.48. The van der Waals surface area contributed by atoms with Gasteiger partial charge >= 0.3 is 0 Å². The van der Waals surface area contributed by atoms with Crippen LogP contribution in [-0.2, 0) is 14.4 Å². The highest BCUT2D eigenvalue weighted by atomic mass is 35.5. The van der Waals surface area contributed by atoms with Gasteiger partial charge in [-0.2, -0.15) is 0 Å². The molecule has 6 rings (SSSR count). The van der Waals surface area contributed by atoms with Crippen LogP contribution in [0.15, 0.2) is 36.4 Å². The van der Waals surface area contributed by atoms with E-state index in [0.29, 0.717) is 17.2 Å². The molecule has 1 heterocycles. The van der Waals surface area contributed by atoms with E-state index in [2.05, 4.69) is 16.0 Å². The first-order valence-electron chi connectivity index (χ1n) is 12.0. The lowest BCUT2D eigenvalue weighted by Crippen LogP contribution is -2.56. The summed E-state index contributed by atoms with van der Waals surface area (Å²) in [6, 6.07) is 8.61. The molecule has 8 nitrogen and oxygen atoms in total. The zero-order valence-electron chi connectivity index (χ0n) is 20.0. The van der Waals surface area contributed by atoms with Gasteiger partial charge in [0, 0.05) is 41.6 Å². The summed E-state index contributed by atoms with van der Waals surface area (Å²) in [4.78, 5) is 37.4. The minimum Gasteiger partial charge on any atom is -0.484 e. The molecule has 2 aromatic carbocycles. The number of amides is 3. The average molecular weight is 550 g/mol. The van der Waals surface area contributed by atoms with Crippen molar-refractivity contribution in [1.82, 2.24) is 16.0 Å². The minimum atomic E-state index is -0.777. The van der Waals surface area contributed by atoms with Crippen molar-refractivity contribution in [2.45, 2.75) is 56.3 Å². The van der Waals surface area contributed by atoms with E-state index in [-0.39, 0.29) is 53.5 Å². The topological polar surface area (TPSA) is 106 Å². The second kappa shape index (κ2) is 10.0. The van der Waals surface area contributed by atoms with Gasteiger partial charge in [0.25, 0.3) is 11.8 Å². The molecule has 3 saturated carbocycles. The van der Waals surface area contributed by atoms with Crippen molar-refractivity contribution >= 4 is 40.9 Å². The molecular weight excluding hydrogens is 524 g/mol. The fourth-order valence-electron chi connectivity index (χ4n) is 5.59. The first-order valence-corrected chi connectivity index (χ1v) is 12.8. The number of nitrogens with one attached hydrogen (secondary N) is 3. The Hall–Kier alpha value is -3.04. The van der Waals surface area contributed by atoms with Gasteiger partial charge < -0.3 is 25.4 Å². The Balaban J connectivity index is 1.15. The summed E-state index contributed by atoms with van der Waals surface area (Å²) >= 11 is 11.8. The third-order valence-electron chi connectivity index (χ3n) is 7.22. The Bertz CT molecular complexity index is 1250. The number of benzene rings is 2. The largest absolute Gasteiger partial charge is 0.484 e. The lowest BCUT2D eigenvalue weighted by Gasteiger charge is -2.41. The molecule has 1 aliphatic heterocycles. The standard InChI is InChI=1S/C26H26Cl2FN3O5/c1-13(33)30-20-8-23(37-22-5-2-15(27)6-17(20)22)25(35)32-26-9-14(10-26)21(11-26)31-24(34)12-36-16-3-4-18(28)19(29)7-16/h2-7,14,20-21,23H,8-12H2,1H3,(H,30,33)(H,31,34)(H,32,35). The highest BCUT2D eigenvalue weighted by Crippen LogP contribution is 2.52. The first kappa shape index (κ1) is 25.6. The van der Waals surface area contributed by atoms with E-state index >= 15 is 0 Å². The number of halogens is 3. The Morgan fingerprint density at radius 2 is 1.89 bits per heavy atom. The van der Waals surface area contributed by atoms with E-state index in [1.807, 2.05) is 0 Å². The zero-order valence-corrected chi connectivity index (χ0v) is 21.5. The normalized spacial score (nSPS) is 27.2. The van der Waals surface area contributed by atoms with E-state index in [9.17, 15) is 18.8 Å². The van der Waals surface area contributed by atoms with Crippen LogP contribution in [0.25, 0.3) is 0 Å². The molecule has 4 aliphatic rings. The van der Waals surface area contributed by atoms with Gasteiger partial charge in [0.05, 0.1) is 11.1 Å². The quantitative estimate of drug-likeness (QED) is 0.488. The maximum Gasteiger partial charge on any atom is 0.261 e. The predicted octanol–water partition coefficient (Wildman–Crippen LogP) is 3.69. The van der Waals surface area contributed by atoms with Crippen molar-refractivity contribution in [2.75, 3.05) is 6.61 Å². The molecule has 0 aromatic heterocycles. The molecule has 2 bridgehead atoms. The van der Waals surface area contributed by atoms with Gasteiger partial charge in [-0.25, -0.2) is 4.39 Å². The molecular formula is C26H26Cl2FN3O5. The first-order chi connectivity index (χ1) is 17.6. The average Bonchev–Trinajstić information content (AvgIpc) is 3.33. The summed E-state index contributed by atoms with van der Waals surface area (Å²) in [5.74, 6) is -0.433. The van der Waals surface area contributed by atoms with Gasteiger partial charge in [-0.15, -0.1) is 0 Å². The maximum absolute atomic E-state index is 13.6. The van der Waals surface area contributed by atoms with Crippen LogP contribution in [0.2, 0.25) is 10.0 Å². The third-order valence-corrected chi connectivity index (χ3v) is 7.76. The molecule has 11 heteroatoms. The van der Waals surface area contributed by atoms with Crippen molar-refractivity contribution in [2.24, 2.45) is 5.92 Å². The fourth-order valence-corrected chi connectivity index (χ4v) is 5.89. The smallest absolute Gasteiger partial charge is 0.261 e. The van der Waals surface area contributed by atoms with Crippen molar-refractivity contribution in [1.29, 1.82) is 0 Å². The summed E-state index contributed by atoms with van der Waals surface area (Å²) in [7, 11) is 0. The van der Waals surface area contributed by atoms with Crippen molar-refractivity contribution in [3.05, 3.63) is 57.8 Å². The fraction of sp³-hybridized carbons (Fsp3) is 0.423. The number of ether oxygens (including phenoxy) is 2. The molecule has 0 radical (unpaired) electrons. The molecule has 3 aliphatic carbocycles. The molecule has 37 heavy (non-hydrogen) atoms. The molecule has 2 aromatic rings. The second-order valence-electron chi connectivity index (χ2n) is 9.96. The van der Waals surface area contributed by atoms with Gasteiger partial charge in [0.2, 0.25) is 5.91 Å². The summed E-state index contributed by atoms with van der Waals surface area (Å²) in [5, 5.41) is 9.48. The van der Waals surface area contributed by atoms with Crippen molar-refractivity contribution in [3.63, 3.8) is 0 Å². The number of carbonyl (C=O) groups excluding carboxylic acids is 3. The van der Waals surface area contributed by atoms with Gasteiger partial charge in [0.15, 0.2) is 12.7 Å². The van der Waals surface area contributed by atoms with Crippen LogP contribution >= 0.6 is 23.2 Å². The van der Waals surface area contributed by atoms with Gasteiger partial charge in [-0.3, -0.25) is 14.4 Å². The summed E-state index contributed by atoms with van der Waals surface area (Å²) in [6.07, 6.45) is 1.60. The number of carbonyl (C=O) groups is 3. The molecule has 3 N–H and O–H groups in total. The van der Waals surface area contributed by atoms with Crippen LogP contribution in [-0.4, -0.2) is 42.0 Å². The van der Waals surface area contributed by atoms with Gasteiger partial charge in [-0.1, -0.05) is 23.2 Å². The summed E-state index contributed by atoms with van der Waals surface area (Å²) in [6.45, 7) is 1.17. The molecule has 196 valence electrons. The van der Waals surface area contributed by atoms with E-state index in [0.717, 1.165) is 24.5 Å². The summed E-state index contributed by atoms with van der Waals surface area (Å²) in [5.41, 5.74) is 0.327. The van der Waals surface area contributed by atoms with E-state index in [1.54, 1.807) is 18.2 Å². The van der Waals surface area contributed by atoms with Crippen LogP contribution in [0.1, 0.15) is 44.2 Å². The SMILES string of the molecule is CC(=O)NC1CC(C(=O)NC23CC(C2)C(NC(=O)COc2ccc(Cl)c(F)c2)C3)Oc2ccc(Cl)cc21. The maximum atomic E-state index is 13.6. The van der Waals surface area contributed by atoms with Crippen molar-refractivity contribution in [3.8, 4) is 11.5 Å². The highest BCUT2D eigenvalue weighted by Gasteiger charge is 2.57. The molecule has 3 amide bonds. The molecule has 0 spiro atoms. The molecule has 0 saturated heterocycles. The van der Waals surface area contributed by atoms with Gasteiger partial charge in [-0.05, 0) is 55.5 Å². The van der Waals surface area contributed by atoms with E-state index in [4.69, 9.17) is 32.7 Å². The Morgan fingerprint density at radius 3 is 2.62 bits per heavy atom. The van der Waals surface area contributed by atoms with Gasteiger partial charge in [0.1, 0.15) is 17.3 Å². The minimum absolute atomic E-state index is 0.0206. The lowest BCUT2D eigenvalue weighted by molar-refractivity contribution is -0.133. The number of fused-ring (bicyclic) bond motifs is 2. The lowest BCUT2D eigenvalue weighted by atomic mass is 9.76. The summed E-state index contributed by atoms with van der Waals surface area (Å²) < 4.78 is 24.9. The molecule has 3 unspecified atom stereocenters. The van der Waals surface area contributed by atoms with Crippen LogP contribution in [0.4, 0.5) is 4.39 Å². The van der Waals surface area contributed by atoms with E-state index in [1.165, 1.54) is 19.1 Å². The van der Waals surface area contributed by atoms with Crippen molar-refractivity contribution < 1.29 is 28.2 Å². The Morgan fingerprint density at radius 1 is 1.11 bits per heavy atom. The van der Waals surface area contributed by atoms with Crippen LogP contribution in [0, 0.1) is 11.7 Å². The Kier molecular flexibility index (Phi) is 6.93. The van der Waals surface area contributed by atoms with E-state index < -0.39 is 23.5 Å². The number of rotatable bonds is 7. The molecule has 3 atom stereocenters. The second-order valence-corrected chi connectivity index (χ2v) is 10.8. The monoisotopic (exact) mass is 549 g/mol. The molecule has 3 fully saturated rings. The van der Waals surface area contributed by atoms with Crippen LogP contribution in [0.5, 0.6) is 11.5 Å². The number of hydrogen-bond acceptors (Lipinski definition) is 5. The zero-order chi connectivity index (χ0) is 26.3. The highest BCUT2D eigenvalue weighted by molar-refractivity contribution is 6.31. The van der Waals surface area contributed by atoms with Crippen LogP contribution in [0.3, 0.4) is 0 Å². The Labute approximate surface area is 223 Å².